The van der Waals surface area contributed by atoms with Crippen LogP contribution in [-0.2, 0) is 4.74 Å². The fraction of sp³-hybridized carbons (Fsp3) is 0.350. The van der Waals surface area contributed by atoms with Crippen molar-refractivity contribution in [3.05, 3.63) is 40.7 Å². The van der Waals surface area contributed by atoms with Gasteiger partial charge in [-0.2, -0.15) is 0 Å². The van der Waals surface area contributed by atoms with E-state index in [4.69, 9.17) is 25.8 Å². The Labute approximate surface area is 191 Å². The van der Waals surface area contributed by atoms with Gasteiger partial charge in [0.05, 0.1) is 37.6 Å². The summed E-state index contributed by atoms with van der Waals surface area (Å²) in [7, 11) is 1.38. The van der Waals surface area contributed by atoms with Crippen LogP contribution in [0, 0.1) is 18.7 Å². The molecule has 1 saturated heterocycles. The third-order valence-corrected chi connectivity index (χ3v) is 5.82. The molecule has 168 valence electrons. The number of carbonyl (C=O) groups excluding carboxylic acids is 1. The molecule has 1 aliphatic heterocycles. The standard InChI is InChI=1S/C20H19ClFN5O4S/c1-10-5-12(15-14(29-2)7-24-17(21)16(15)22)13(6-23-10)18(28)25-19-26-27-20(32-19)31-9-11-3-4-30-8-11/h5-7,11H,3-4,8-9H2,1-2H3,(H,25,26,28). The lowest BCUT2D eigenvalue weighted by Gasteiger charge is -2.14. The Hall–Kier alpha value is -2.89. The van der Waals surface area contributed by atoms with Crippen LogP contribution in [0.25, 0.3) is 11.1 Å². The molecular formula is C20H19ClFN5O4S. The second kappa shape index (κ2) is 9.72. The maximum absolute atomic E-state index is 14.9. The number of halogens is 2. The smallest absolute Gasteiger partial charge is 0.295 e. The normalized spacial score (nSPS) is 15.6. The summed E-state index contributed by atoms with van der Waals surface area (Å²) in [6, 6.07) is 1.57. The zero-order valence-electron chi connectivity index (χ0n) is 17.2. The first kappa shape index (κ1) is 22.3. The molecule has 1 fully saturated rings. The first-order valence-corrected chi connectivity index (χ1v) is 10.9. The van der Waals surface area contributed by atoms with E-state index in [9.17, 15) is 9.18 Å². The van der Waals surface area contributed by atoms with E-state index in [1.807, 2.05) is 0 Å². The number of aromatic nitrogens is 4. The van der Waals surface area contributed by atoms with Crippen LogP contribution in [-0.4, -0.2) is 53.0 Å². The molecule has 12 heteroatoms. The summed E-state index contributed by atoms with van der Waals surface area (Å²) in [5.74, 6) is -0.897. The van der Waals surface area contributed by atoms with Gasteiger partial charge < -0.3 is 14.2 Å². The van der Waals surface area contributed by atoms with Gasteiger partial charge >= 0.3 is 0 Å². The largest absolute Gasteiger partial charge is 0.494 e. The van der Waals surface area contributed by atoms with Crippen molar-refractivity contribution in [1.82, 2.24) is 20.2 Å². The SMILES string of the molecule is COc1cnc(Cl)c(F)c1-c1cc(C)ncc1C(=O)Nc1nnc(OCC2CCOC2)s1. The van der Waals surface area contributed by atoms with Crippen molar-refractivity contribution >= 4 is 34.0 Å². The second-order valence-corrected chi connectivity index (χ2v) is 8.34. The third-order valence-electron chi connectivity index (χ3n) is 4.81. The number of hydrogen-bond acceptors (Lipinski definition) is 9. The highest BCUT2D eigenvalue weighted by atomic mass is 35.5. The molecule has 1 unspecified atom stereocenters. The van der Waals surface area contributed by atoms with Gasteiger partial charge in [-0.15, -0.1) is 5.10 Å². The van der Waals surface area contributed by atoms with Crippen molar-refractivity contribution in [2.24, 2.45) is 5.92 Å². The minimum atomic E-state index is -0.798. The molecule has 0 aliphatic carbocycles. The quantitative estimate of drug-likeness (QED) is 0.510. The number of aryl methyl sites for hydroxylation is 1. The summed E-state index contributed by atoms with van der Waals surface area (Å²) in [4.78, 5) is 20.9. The van der Waals surface area contributed by atoms with Gasteiger partial charge in [-0.3, -0.25) is 15.1 Å². The minimum absolute atomic E-state index is 0.0169. The Bertz CT molecular complexity index is 1140. The highest BCUT2D eigenvalue weighted by Gasteiger charge is 2.24. The van der Waals surface area contributed by atoms with E-state index in [1.165, 1.54) is 19.5 Å². The van der Waals surface area contributed by atoms with Gasteiger partial charge in [0, 0.05) is 30.0 Å². The molecule has 0 aromatic carbocycles. The van der Waals surface area contributed by atoms with Crippen LogP contribution in [0.1, 0.15) is 22.5 Å². The Morgan fingerprint density at radius 3 is 2.97 bits per heavy atom. The summed E-state index contributed by atoms with van der Waals surface area (Å²) in [5, 5.41) is 10.8. The summed E-state index contributed by atoms with van der Waals surface area (Å²) in [6.45, 7) is 3.58. The van der Waals surface area contributed by atoms with Crippen molar-refractivity contribution in [1.29, 1.82) is 0 Å². The van der Waals surface area contributed by atoms with Gasteiger partial charge in [0.1, 0.15) is 5.75 Å². The number of nitrogens with zero attached hydrogens (tertiary/aromatic N) is 4. The van der Waals surface area contributed by atoms with Crippen LogP contribution in [0.5, 0.6) is 10.9 Å². The molecular weight excluding hydrogens is 461 g/mol. The van der Waals surface area contributed by atoms with Crippen LogP contribution in [0.3, 0.4) is 0 Å². The van der Waals surface area contributed by atoms with Gasteiger partial charge in [0.25, 0.3) is 11.1 Å². The summed E-state index contributed by atoms with van der Waals surface area (Å²) >= 11 is 6.97. The number of carbonyl (C=O) groups is 1. The lowest BCUT2D eigenvalue weighted by molar-refractivity contribution is 0.102. The number of amides is 1. The maximum Gasteiger partial charge on any atom is 0.295 e. The zero-order chi connectivity index (χ0) is 22.7. The van der Waals surface area contributed by atoms with E-state index in [0.29, 0.717) is 30.0 Å². The molecule has 1 atom stereocenters. The molecule has 4 rings (SSSR count). The van der Waals surface area contributed by atoms with Crippen molar-refractivity contribution in [3.63, 3.8) is 0 Å². The third kappa shape index (κ3) is 4.79. The van der Waals surface area contributed by atoms with E-state index < -0.39 is 11.7 Å². The number of rotatable bonds is 7. The molecule has 9 nitrogen and oxygen atoms in total. The number of methoxy groups -OCH3 is 1. The van der Waals surface area contributed by atoms with E-state index in [2.05, 4.69) is 25.5 Å². The molecule has 1 aliphatic rings. The Kier molecular flexibility index (Phi) is 6.77. The molecule has 0 radical (unpaired) electrons. The molecule has 3 aromatic rings. The van der Waals surface area contributed by atoms with Gasteiger partial charge in [-0.25, -0.2) is 9.37 Å². The van der Waals surface area contributed by atoms with Crippen LogP contribution < -0.4 is 14.8 Å². The fourth-order valence-corrected chi connectivity index (χ4v) is 3.93. The first-order chi connectivity index (χ1) is 15.5. The summed E-state index contributed by atoms with van der Waals surface area (Å²) in [5.41, 5.74) is 0.961. The second-order valence-electron chi connectivity index (χ2n) is 7.05. The molecule has 0 bridgehead atoms. The first-order valence-electron chi connectivity index (χ1n) is 9.66. The molecule has 32 heavy (non-hydrogen) atoms. The number of ether oxygens (including phenoxy) is 3. The fourth-order valence-electron chi connectivity index (χ4n) is 3.19. The van der Waals surface area contributed by atoms with Gasteiger partial charge in [-0.05, 0) is 30.7 Å². The van der Waals surface area contributed by atoms with Crippen molar-refractivity contribution < 1.29 is 23.4 Å². The Morgan fingerprint density at radius 2 is 2.22 bits per heavy atom. The van der Waals surface area contributed by atoms with E-state index in [0.717, 1.165) is 24.4 Å². The Balaban J connectivity index is 1.57. The Morgan fingerprint density at radius 1 is 1.38 bits per heavy atom. The molecule has 1 N–H and O–H groups in total. The van der Waals surface area contributed by atoms with Crippen LogP contribution in [0.2, 0.25) is 5.15 Å². The van der Waals surface area contributed by atoms with Crippen molar-refractivity contribution in [2.75, 3.05) is 32.2 Å². The topological polar surface area (TPSA) is 108 Å². The van der Waals surface area contributed by atoms with Crippen molar-refractivity contribution in [2.45, 2.75) is 13.3 Å². The predicted octanol–water partition coefficient (Wildman–Crippen LogP) is 3.77. The zero-order valence-corrected chi connectivity index (χ0v) is 18.8. The van der Waals surface area contributed by atoms with Gasteiger partial charge in [0.15, 0.2) is 11.0 Å². The van der Waals surface area contributed by atoms with Crippen LogP contribution in [0.4, 0.5) is 9.52 Å². The van der Waals surface area contributed by atoms with Gasteiger partial charge in [0.2, 0.25) is 5.13 Å². The average molecular weight is 480 g/mol. The molecule has 0 spiro atoms. The van der Waals surface area contributed by atoms with Crippen molar-refractivity contribution in [3.8, 4) is 22.1 Å². The van der Waals surface area contributed by atoms with E-state index in [-0.39, 0.29) is 32.7 Å². The number of anilines is 1. The highest BCUT2D eigenvalue weighted by molar-refractivity contribution is 7.17. The minimum Gasteiger partial charge on any atom is -0.494 e. The summed E-state index contributed by atoms with van der Waals surface area (Å²) < 4.78 is 31.1. The van der Waals surface area contributed by atoms with Crippen LogP contribution >= 0.6 is 22.9 Å². The molecule has 3 aromatic heterocycles. The summed E-state index contributed by atoms with van der Waals surface area (Å²) in [6.07, 6.45) is 3.58. The number of nitrogens with one attached hydrogen (secondary N) is 1. The maximum atomic E-state index is 14.9. The average Bonchev–Trinajstić information content (AvgIpc) is 3.46. The van der Waals surface area contributed by atoms with E-state index in [1.54, 1.807) is 13.0 Å². The van der Waals surface area contributed by atoms with Crippen LogP contribution in [0.15, 0.2) is 18.5 Å². The molecule has 1 amide bonds. The molecule has 0 saturated carbocycles. The van der Waals surface area contributed by atoms with E-state index >= 15 is 0 Å². The number of pyridine rings is 2. The molecule has 4 heterocycles. The number of hydrogen-bond donors (Lipinski definition) is 1. The lowest BCUT2D eigenvalue weighted by Crippen LogP contribution is -2.14. The highest BCUT2D eigenvalue weighted by Crippen LogP contribution is 2.37. The monoisotopic (exact) mass is 479 g/mol. The lowest BCUT2D eigenvalue weighted by atomic mass is 10.00. The van der Waals surface area contributed by atoms with Gasteiger partial charge in [-0.1, -0.05) is 16.7 Å². The predicted molar refractivity (Wildman–Crippen MR) is 116 cm³/mol.